The molecule has 6 heteroatoms. The van der Waals surface area contributed by atoms with Gasteiger partial charge in [-0.1, -0.05) is 0 Å². The van der Waals surface area contributed by atoms with E-state index in [4.69, 9.17) is 0 Å². The highest BCUT2D eigenvalue weighted by Gasteiger charge is 2.24. The van der Waals surface area contributed by atoms with Crippen molar-refractivity contribution in [1.82, 2.24) is 9.80 Å². The molecule has 2 rings (SSSR count). The van der Waals surface area contributed by atoms with E-state index in [9.17, 15) is 9.59 Å². The molecule has 1 N–H and O–H groups in total. The zero-order valence-corrected chi connectivity index (χ0v) is 14.2. The maximum absolute atomic E-state index is 12.5. The van der Waals surface area contributed by atoms with Crippen LogP contribution in [-0.2, 0) is 9.59 Å². The molecule has 1 saturated heterocycles. The third kappa shape index (κ3) is 4.74. The molecule has 5 nitrogen and oxygen atoms in total. The van der Waals surface area contributed by atoms with E-state index in [1.54, 1.807) is 11.8 Å². The second kappa shape index (κ2) is 7.65. The monoisotopic (exact) mass is 321 g/mol. The van der Waals surface area contributed by atoms with Crippen LogP contribution in [-0.4, -0.2) is 60.1 Å². The van der Waals surface area contributed by atoms with Crippen LogP contribution in [0.5, 0.6) is 0 Å². The van der Waals surface area contributed by atoms with Gasteiger partial charge in [-0.2, -0.15) is 0 Å². The second-order valence-corrected chi connectivity index (χ2v) is 7.01. The molecule has 1 heterocycles. The Labute approximate surface area is 136 Å². The standard InChI is InChI=1S/C16H23N3O2S/c1-12(16(21)19-10-8-18(3)9-11-19)22-15-6-4-14(5-7-15)17-13(2)20/h4-7,12H,8-11H2,1-3H3,(H,17,20). The molecule has 0 spiro atoms. The van der Waals surface area contributed by atoms with Crippen LogP contribution in [0, 0.1) is 0 Å². The lowest BCUT2D eigenvalue weighted by Crippen LogP contribution is -2.49. The smallest absolute Gasteiger partial charge is 0.235 e. The number of anilines is 1. The summed E-state index contributed by atoms with van der Waals surface area (Å²) in [6.45, 7) is 6.93. The van der Waals surface area contributed by atoms with Crippen LogP contribution in [0.4, 0.5) is 5.69 Å². The lowest BCUT2D eigenvalue weighted by atomic mass is 10.3. The molecule has 1 unspecified atom stereocenters. The Morgan fingerprint density at radius 1 is 1.14 bits per heavy atom. The highest BCUT2D eigenvalue weighted by atomic mass is 32.2. The van der Waals surface area contributed by atoms with E-state index in [0.717, 1.165) is 36.8 Å². The lowest BCUT2D eigenvalue weighted by molar-refractivity contribution is -0.131. The highest BCUT2D eigenvalue weighted by Crippen LogP contribution is 2.26. The molecular formula is C16H23N3O2S. The molecule has 1 aromatic rings. The normalized spacial score (nSPS) is 17.1. The number of nitrogens with one attached hydrogen (secondary N) is 1. The van der Waals surface area contributed by atoms with Crippen molar-refractivity contribution < 1.29 is 9.59 Å². The number of benzene rings is 1. The summed E-state index contributed by atoms with van der Waals surface area (Å²) < 4.78 is 0. The van der Waals surface area contributed by atoms with E-state index < -0.39 is 0 Å². The summed E-state index contributed by atoms with van der Waals surface area (Å²) in [5.41, 5.74) is 0.773. The Morgan fingerprint density at radius 2 is 1.73 bits per heavy atom. The van der Waals surface area contributed by atoms with Crippen molar-refractivity contribution in [3.05, 3.63) is 24.3 Å². The first-order chi connectivity index (χ1) is 10.5. The van der Waals surface area contributed by atoms with Gasteiger partial charge in [0.2, 0.25) is 11.8 Å². The van der Waals surface area contributed by atoms with Crippen molar-refractivity contribution in [3.63, 3.8) is 0 Å². The van der Waals surface area contributed by atoms with Gasteiger partial charge in [-0.3, -0.25) is 9.59 Å². The van der Waals surface area contributed by atoms with E-state index >= 15 is 0 Å². The summed E-state index contributed by atoms with van der Waals surface area (Å²) in [6, 6.07) is 7.58. The van der Waals surface area contributed by atoms with Gasteiger partial charge in [-0.25, -0.2) is 0 Å². The van der Waals surface area contributed by atoms with Crippen LogP contribution < -0.4 is 5.32 Å². The average molecular weight is 321 g/mol. The van der Waals surface area contributed by atoms with E-state index in [1.807, 2.05) is 36.1 Å². The van der Waals surface area contributed by atoms with Gasteiger partial charge in [-0.15, -0.1) is 11.8 Å². The zero-order chi connectivity index (χ0) is 16.1. The fourth-order valence-electron chi connectivity index (χ4n) is 2.36. The zero-order valence-electron chi connectivity index (χ0n) is 13.3. The Hall–Kier alpha value is -1.53. The molecule has 1 atom stereocenters. The Morgan fingerprint density at radius 3 is 2.27 bits per heavy atom. The molecule has 0 aromatic heterocycles. The van der Waals surface area contributed by atoms with Crippen LogP contribution >= 0.6 is 11.8 Å². The van der Waals surface area contributed by atoms with Crippen LogP contribution in [0.25, 0.3) is 0 Å². The van der Waals surface area contributed by atoms with Gasteiger partial charge in [0.05, 0.1) is 5.25 Å². The van der Waals surface area contributed by atoms with E-state index in [2.05, 4.69) is 17.3 Å². The van der Waals surface area contributed by atoms with Gasteiger partial charge in [0.15, 0.2) is 0 Å². The molecule has 1 aromatic carbocycles. The number of thioether (sulfide) groups is 1. The van der Waals surface area contributed by atoms with E-state index in [-0.39, 0.29) is 17.1 Å². The van der Waals surface area contributed by atoms with Crippen LogP contribution in [0.2, 0.25) is 0 Å². The third-order valence-electron chi connectivity index (χ3n) is 3.65. The largest absolute Gasteiger partial charge is 0.339 e. The molecule has 0 radical (unpaired) electrons. The minimum absolute atomic E-state index is 0.0842. The quantitative estimate of drug-likeness (QED) is 0.861. The predicted octanol–water partition coefficient (Wildman–Crippen LogP) is 1.90. The summed E-state index contributed by atoms with van der Waals surface area (Å²) in [7, 11) is 2.08. The summed E-state index contributed by atoms with van der Waals surface area (Å²) in [4.78, 5) is 28.7. The van der Waals surface area contributed by atoms with Crippen molar-refractivity contribution in [2.75, 3.05) is 38.5 Å². The first kappa shape index (κ1) is 16.8. The number of amides is 2. The van der Waals surface area contributed by atoms with Crippen LogP contribution in [0.1, 0.15) is 13.8 Å². The molecule has 2 amide bonds. The fraction of sp³-hybridized carbons (Fsp3) is 0.500. The van der Waals surface area contributed by atoms with Crippen molar-refractivity contribution in [2.45, 2.75) is 24.0 Å². The fourth-order valence-corrected chi connectivity index (χ4v) is 3.31. The molecule has 1 aliphatic rings. The summed E-state index contributed by atoms with van der Waals surface area (Å²) in [5, 5.41) is 2.63. The van der Waals surface area contributed by atoms with Gasteiger partial charge in [0.1, 0.15) is 0 Å². The molecule has 0 bridgehead atoms. The number of hydrogen-bond donors (Lipinski definition) is 1. The number of likely N-dealkylation sites (N-methyl/N-ethyl adjacent to an activating group) is 1. The van der Waals surface area contributed by atoms with Crippen LogP contribution in [0.15, 0.2) is 29.2 Å². The van der Waals surface area contributed by atoms with Gasteiger partial charge in [0, 0.05) is 43.7 Å². The van der Waals surface area contributed by atoms with Crippen molar-refractivity contribution in [3.8, 4) is 0 Å². The average Bonchev–Trinajstić information content (AvgIpc) is 2.49. The van der Waals surface area contributed by atoms with E-state index in [1.165, 1.54) is 6.92 Å². The first-order valence-electron chi connectivity index (χ1n) is 7.47. The number of nitrogens with zero attached hydrogens (tertiary/aromatic N) is 2. The van der Waals surface area contributed by atoms with Crippen LogP contribution in [0.3, 0.4) is 0 Å². The number of piperazine rings is 1. The Kier molecular flexibility index (Phi) is 5.85. The van der Waals surface area contributed by atoms with Crippen molar-refractivity contribution in [1.29, 1.82) is 0 Å². The molecule has 0 saturated carbocycles. The molecule has 22 heavy (non-hydrogen) atoms. The van der Waals surface area contributed by atoms with Gasteiger partial charge in [-0.05, 0) is 38.2 Å². The second-order valence-electron chi connectivity index (χ2n) is 5.59. The Bertz CT molecular complexity index is 525. The molecule has 1 fully saturated rings. The topological polar surface area (TPSA) is 52.7 Å². The van der Waals surface area contributed by atoms with Gasteiger partial charge < -0.3 is 15.1 Å². The molecule has 0 aliphatic carbocycles. The number of rotatable bonds is 4. The molecule has 120 valence electrons. The highest BCUT2D eigenvalue weighted by molar-refractivity contribution is 8.00. The van der Waals surface area contributed by atoms with Gasteiger partial charge in [0.25, 0.3) is 0 Å². The maximum Gasteiger partial charge on any atom is 0.235 e. The van der Waals surface area contributed by atoms with Gasteiger partial charge >= 0.3 is 0 Å². The van der Waals surface area contributed by atoms with Crippen molar-refractivity contribution in [2.24, 2.45) is 0 Å². The summed E-state index contributed by atoms with van der Waals surface area (Å²) >= 11 is 1.56. The molecular weight excluding hydrogens is 298 g/mol. The van der Waals surface area contributed by atoms with Crippen molar-refractivity contribution >= 4 is 29.3 Å². The van der Waals surface area contributed by atoms with E-state index in [0.29, 0.717) is 0 Å². The number of hydrogen-bond acceptors (Lipinski definition) is 4. The minimum atomic E-state index is -0.102. The minimum Gasteiger partial charge on any atom is -0.339 e. The molecule has 1 aliphatic heterocycles. The SMILES string of the molecule is CC(=O)Nc1ccc(SC(C)C(=O)N2CCN(C)CC2)cc1. The predicted molar refractivity (Wildman–Crippen MR) is 90.1 cm³/mol. The third-order valence-corrected chi connectivity index (χ3v) is 4.75. The Balaban J connectivity index is 1.89. The first-order valence-corrected chi connectivity index (χ1v) is 8.35. The number of carbonyl (C=O) groups is 2. The number of carbonyl (C=O) groups excluding carboxylic acids is 2. The lowest BCUT2D eigenvalue weighted by Gasteiger charge is -2.33. The summed E-state index contributed by atoms with van der Waals surface area (Å²) in [5.74, 6) is 0.114. The summed E-state index contributed by atoms with van der Waals surface area (Å²) in [6.07, 6.45) is 0. The maximum atomic E-state index is 12.5.